The van der Waals surface area contributed by atoms with Gasteiger partial charge in [0.1, 0.15) is 12.6 Å². The highest BCUT2D eigenvalue weighted by Gasteiger charge is 2.30. The van der Waals surface area contributed by atoms with E-state index in [0.717, 1.165) is 54.4 Å². The van der Waals surface area contributed by atoms with Crippen LogP contribution >= 0.6 is 11.8 Å². The molecular weight excluding hydrogens is 697 g/mol. The molecule has 0 spiro atoms. The summed E-state index contributed by atoms with van der Waals surface area (Å²) in [7, 11) is 0. The third kappa shape index (κ3) is 18.1. The monoisotopic (exact) mass is 766 g/mol. The molecule has 0 bridgehead atoms. The van der Waals surface area contributed by atoms with E-state index in [2.05, 4.69) is 36.6 Å². The number of fused-ring (bicyclic) bond motifs is 3. The number of carboxylic acid groups (broad SMARTS) is 1. The maximum absolute atomic E-state index is 12.9. The van der Waals surface area contributed by atoms with E-state index < -0.39 is 18.1 Å². The molecule has 302 valence electrons. The maximum atomic E-state index is 12.9. The lowest BCUT2D eigenvalue weighted by Crippen LogP contribution is -2.44. The summed E-state index contributed by atoms with van der Waals surface area (Å²) >= 11 is 1.39. The van der Waals surface area contributed by atoms with Crippen LogP contribution in [0.15, 0.2) is 48.5 Å². The highest BCUT2D eigenvalue weighted by Crippen LogP contribution is 2.44. The van der Waals surface area contributed by atoms with Gasteiger partial charge in [-0.1, -0.05) is 172 Å². The zero-order chi connectivity index (χ0) is 38.6. The number of ether oxygens (including phenoxy) is 2. The largest absolute Gasteiger partial charge is 0.480 e. The van der Waals surface area contributed by atoms with Crippen LogP contribution in [-0.2, 0) is 19.1 Å². The van der Waals surface area contributed by atoms with Gasteiger partial charge in [-0.2, -0.15) is 11.8 Å². The molecule has 2 amide bonds. The first-order valence-corrected chi connectivity index (χ1v) is 22.4. The minimum atomic E-state index is -1.13. The molecule has 0 fully saturated rings. The van der Waals surface area contributed by atoms with Crippen LogP contribution < -0.4 is 10.6 Å². The highest BCUT2D eigenvalue weighted by molar-refractivity contribution is 7.99. The molecule has 1 aliphatic carbocycles. The Morgan fingerprint density at radius 2 is 1.17 bits per heavy atom. The summed E-state index contributed by atoms with van der Waals surface area (Å²) in [6.45, 7) is 5.62. The minimum absolute atomic E-state index is 0.0117. The average molecular weight is 767 g/mol. The number of thioether (sulfide) groups is 1. The second kappa shape index (κ2) is 28.4. The first-order valence-electron chi connectivity index (χ1n) is 21.2. The van der Waals surface area contributed by atoms with Crippen molar-refractivity contribution in [3.05, 3.63) is 59.7 Å². The van der Waals surface area contributed by atoms with Gasteiger partial charge in [-0.05, 0) is 35.1 Å². The average Bonchev–Trinajstić information content (AvgIpc) is 3.49. The second-order valence-electron chi connectivity index (χ2n) is 15.0. The summed E-state index contributed by atoms with van der Waals surface area (Å²) in [6.07, 6.45) is 23.1. The molecule has 0 aromatic heterocycles. The van der Waals surface area contributed by atoms with Gasteiger partial charge in [0.25, 0.3) is 0 Å². The van der Waals surface area contributed by atoms with Gasteiger partial charge in [-0.3, -0.25) is 4.79 Å². The summed E-state index contributed by atoms with van der Waals surface area (Å²) < 4.78 is 11.6. The summed E-state index contributed by atoms with van der Waals surface area (Å²) in [4.78, 5) is 37.9. The van der Waals surface area contributed by atoms with Crippen LogP contribution in [-0.4, -0.2) is 66.5 Å². The van der Waals surface area contributed by atoms with Crippen LogP contribution in [0.2, 0.25) is 0 Å². The molecule has 3 rings (SSSR count). The first kappa shape index (κ1) is 45.4. The molecule has 0 aliphatic heterocycles. The van der Waals surface area contributed by atoms with Crippen molar-refractivity contribution in [1.29, 1.82) is 0 Å². The Morgan fingerprint density at radius 1 is 0.667 bits per heavy atom. The quantitative estimate of drug-likeness (QED) is 0.0635. The van der Waals surface area contributed by atoms with Crippen LogP contribution in [0.5, 0.6) is 0 Å². The van der Waals surface area contributed by atoms with Gasteiger partial charge in [0.2, 0.25) is 5.91 Å². The number of aliphatic carboxylic acids is 1. The fourth-order valence-corrected chi connectivity index (χ4v) is 8.29. The molecular formula is C45H70N2O6S. The van der Waals surface area contributed by atoms with E-state index in [1.165, 1.54) is 102 Å². The molecule has 2 atom stereocenters. The lowest BCUT2D eigenvalue weighted by Gasteiger charge is -2.21. The molecule has 1 aliphatic rings. The topological polar surface area (TPSA) is 114 Å². The minimum Gasteiger partial charge on any atom is -0.480 e. The van der Waals surface area contributed by atoms with Gasteiger partial charge in [0.15, 0.2) is 0 Å². The van der Waals surface area contributed by atoms with E-state index in [0.29, 0.717) is 25.4 Å². The van der Waals surface area contributed by atoms with Gasteiger partial charge >= 0.3 is 12.1 Å². The number of hydrogen-bond donors (Lipinski definition) is 3. The number of amides is 2. The Morgan fingerprint density at radius 3 is 1.70 bits per heavy atom. The van der Waals surface area contributed by atoms with E-state index >= 15 is 0 Å². The van der Waals surface area contributed by atoms with E-state index in [1.807, 2.05) is 36.4 Å². The maximum Gasteiger partial charge on any atom is 0.407 e. The standard InChI is InChI=1S/C45H70N2O6S/c1-3-5-7-9-11-13-15-17-19-25-31-52-32-36(46-43(48)30-20-18-16-14-12-10-8-6-4-2)34-54-35-42(44(49)50)47-45(51)53-33-41-39-28-23-21-26-37(39)38-27-22-24-29-40(38)41/h21-24,26-29,36,41-42H,3-20,25,30-35H2,1-2H3,(H,46,48)(H,47,51)(H,49,50). The Bertz CT molecular complexity index is 1290. The lowest BCUT2D eigenvalue weighted by molar-refractivity contribution is -0.138. The Balaban J connectivity index is 1.41. The first-order chi connectivity index (χ1) is 26.4. The van der Waals surface area contributed by atoms with E-state index in [-0.39, 0.29) is 30.2 Å². The van der Waals surface area contributed by atoms with Crippen LogP contribution in [0.3, 0.4) is 0 Å². The fourth-order valence-electron chi connectivity index (χ4n) is 7.23. The number of nitrogens with one attached hydrogen (secondary N) is 2. The Labute approximate surface area is 330 Å². The smallest absolute Gasteiger partial charge is 0.407 e. The van der Waals surface area contributed by atoms with Crippen LogP contribution in [0, 0.1) is 0 Å². The van der Waals surface area contributed by atoms with Crippen molar-refractivity contribution in [3.63, 3.8) is 0 Å². The second-order valence-corrected chi connectivity index (χ2v) is 16.1. The predicted octanol–water partition coefficient (Wildman–Crippen LogP) is 11.1. The Hall–Kier alpha value is -3.04. The zero-order valence-corrected chi connectivity index (χ0v) is 34.2. The van der Waals surface area contributed by atoms with Crippen LogP contribution in [0.1, 0.15) is 159 Å². The van der Waals surface area contributed by atoms with Crippen LogP contribution in [0.4, 0.5) is 4.79 Å². The van der Waals surface area contributed by atoms with Crippen molar-refractivity contribution in [1.82, 2.24) is 10.6 Å². The van der Waals surface area contributed by atoms with Gasteiger partial charge < -0.3 is 25.2 Å². The van der Waals surface area contributed by atoms with E-state index in [4.69, 9.17) is 9.47 Å². The van der Waals surface area contributed by atoms with Gasteiger partial charge in [-0.25, -0.2) is 9.59 Å². The molecule has 0 heterocycles. The molecule has 2 aromatic carbocycles. The molecule has 0 saturated heterocycles. The summed E-state index contributed by atoms with van der Waals surface area (Å²) in [6, 6.07) is 14.8. The normalized spacial score (nSPS) is 13.2. The third-order valence-corrected chi connectivity index (χ3v) is 11.6. The molecule has 0 saturated carbocycles. The molecule has 2 aromatic rings. The molecule has 2 unspecified atom stereocenters. The number of carbonyl (C=O) groups excluding carboxylic acids is 2. The van der Waals surface area contributed by atoms with Crippen molar-refractivity contribution < 1.29 is 29.0 Å². The van der Waals surface area contributed by atoms with Crippen molar-refractivity contribution in [2.45, 2.75) is 160 Å². The lowest BCUT2D eigenvalue weighted by atomic mass is 9.98. The molecule has 0 radical (unpaired) electrons. The number of alkyl carbamates (subject to hydrolysis) is 1. The van der Waals surface area contributed by atoms with E-state index in [1.54, 1.807) is 0 Å². The number of unbranched alkanes of at least 4 members (excludes halogenated alkanes) is 17. The summed E-state index contributed by atoms with van der Waals surface area (Å²) in [5, 5.41) is 15.6. The SMILES string of the molecule is CCCCCCCCCCCCOCC(CSCC(NC(=O)OCC1c2ccccc2-c2ccccc21)C(=O)O)NC(=O)CCCCCCCCCCC. The summed E-state index contributed by atoms with van der Waals surface area (Å²) in [5.41, 5.74) is 4.45. The Kier molecular flexibility index (Phi) is 23.8. The van der Waals surface area contributed by atoms with Gasteiger partial charge in [0, 0.05) is 30.5 Å². The summed E-state index contributed by atoms with van der Waals surface area (Å²) in [5.74, 6) is -0.599. The number of carbonyl (C=O) groups is 3. The number of hydrogen-bond acceptors (Lipinski definition) is 6. The van der Waals surface area contributed by atoms with Gasteiger partial charge in [-0.15, -0.1) is 0 Å². The van der Waals surface area contributed by atoms with Gasteiger partial charge in [0.05, 0.1) is 12.6 Å². The van der Waals surface area contributed by atoms with Crippen molar-refractivity contribution in [2.75, 3.05) is 31.3 Å². The van der Waals surface area contributed by atoms with Crippen LogP contribution in [0.25, 0.3) is 11.1 Å². The highest BCUT2D eigenvalue weighted by atomic mass is 32.2. The van der Waals surface area contributed by atoms with Crippen molar-refractivity contribution in [3.8, 4) is 11.1 Å². The van der Waals surface area contributed by atoms with Crippen molar-refractivity contribution in [2.24, 2.45) is 0 Å². The third-order valence-electron chi connectivity index (χ3n) is 10.4. The molecule has 54 heavy (non-hydrogen) atoms. The van der Waals surface area contributed by atoms with Crippen molar-refractivity contribution >= 4 is 29.7 Å². The molecule has 8 nitrogen and oxygen atoms in total. The predicted molar refractivity (Wildman–Crippen MR) is 223 cm³/mol. The zero-order valence-electron chi connectivity index (χ0n) is 33.4. The molecule has 9 heteroatoms. The fraction of sp³-hybridized carbons (Fsp3) is 0.667. The number of rotatable bonds is 32. The number of carboxylic acids is 1. The number of benzene rings is 2. The van der Waals surface area contributed by atoms with E-state index in [9.17, 15) is 19.5 Å². The molecule has 3 N–H and O–H groups in total.